The summed E-state index contributed by atoms with van der Waals surface area (Å²) in [5.41, 5.74) is -1.38. The molecular weight excluding hydrogens is 421 g/mol. The minimum Gasteiger partial charge on any atom is -0.372 e. The van der Waals surface area contributed by atoms with Crippen molar-refractivity contribution in [3.8, 4) is 0 Å². The van der Waals surface area contributed by atoms with Gasteiger partial charge in [0.2, 0.25) is 5.60 Å². The van der Waals surface area contributed by atoms with Gasteiger partial charge in [-0.15, -0.1) is 0 Å². The van der Waals surface area contributed by atoms with Crippen LogP contribution in [-0.4, -0.2) is 39.5 Å². The SMILES string of the molecule is C[SH](N)(=O)c1ccc(N2CCC(O)(C(=O)NCc3cc(F)cc(Cl)c3)C2=O)cc1. The van der Waals surface area contributed by atoms with Crippen molar-refractivity contribution in [3.63, 3.8) is 0 Å². The highest BCUT2D eigenvalue weighted by molar-refractivity contribution is 8.00. The summed E-state index contributed by atoms with van der Waals surface area (Å²) in [6.45, 7) is 0.0309. The second-order valence-electron chi connectivity index (χ2n) is 7.03. The number of halogens is 2. The van der Waals surface area contributed by atoms with Crippen molar-refractivity contribution in [3.05, 3.63) is 58.9 Å². The number of nitrogens with zero attached hydrogens (tertiary/aromatic N) is 1. The standard InChI is InChI=1S/C19H21ClFN3O4S/c1-29(22,28)16-4-2-15(3-5-16)24-7-6-19(27,18(24)26)17(25)23-11-12-8-13(20)10-14(21)9-12/h2-5,8-10,27,29H,6-7,11H2,1H3,(H2,22,28)(H,23,25). The first-order chi connectivity index (χ1) is 13.5. The predicted molar refractivity (Wildman–Crippen MR) is 110 cm³/mol. The normalized spacial score (nSPS) is 20.0. The number of rotatable bonds is 5. The number of amides is 2. The highest BCUT2D eigenvalue weighted by atomic mass is 35.5. The van der Waals surface area contributed by atoms with Crippen LogP contribution in [0.3, 0.4) is 0 Å². The van der Waals surface area contributed by atoms with Gasteiger partial charge >= 0.3 is 0 Å². The molecule has 1 heterocycles. The molecule has 29 heavy (non-hydrogen) atoms. The van der Waals surface area contributed by atoms with Gasteiger partial charge in [0, 0.05) is 41.4 Å². The summed E-state index contributed by atoms with van der Waals surface area (Å²) in [6, 6.07) is 10.0. The molecule has 0 aromatic heterocycles. The molecule has 7 nitrogen and oxygen atoms in total. The molecule has 3 rings (SSSR count). The van der Waals surface area contributed by atoms with Gasteiger partial charge in [-0.1, -0.05) is 11.6 Å². The average molecular weight is 442 g/mol. The van der Waals surface area contributed by atoms with Gasteiger partial charge in [-0.3, -0.25) is 18.9 Å². The Morgan fingerprint density at radius 2 is 2.00 bits per heavy atom. The molecule has 1 fully saturated rings. The van der Waals surface area contributed by atoms with Crippen LogP contribution in [0.1, 0.15) is 12.0 Å². The minimum atomic E-state index is -2.92. The Balaban J connectivity index is 1.71. The number of thiol groups is 1. The van der Waals surface area contributed by atoms with E-state index in [0.29, 0.717) is 16.1 Å². The van der Waals surface area contributed by atoms with Gasteiger partial charge in [-0.25, -0.2) is 4.39 Å². The van der Waals surface area contributed by atoms with Crippen molar-refractivity contribution in [2.75, 3.05) is 17.7 Å². The Labute approximate surface area is 173 Å². The average Bonchev–Trinajstić information content (AvgIpc) is 2.94. The number of nitrogens with two attached hydrogens (primary N) is 1. The quantitative estimate of drug-likeness (QED) is 0.411. The Kier molecular flexibility index (Phi) is 5.77. The first-order valence-corrected chi connectivity index (χ1v) is 11.4. The summed E-state index contributed by atoms with van der Waals surface area (Å²) < 4.78 is 25.3. The fraction of sp³-hybridized carbons (Fsp3) is 0.263. The van der Waals surface area contributed by atoms with Crippen LogP contribution < -0.4 is 15.4 Å². The second kappa shape index (κ2) is 7.83. The molecule has 1 atom stereocenters. The number of carbonyl (C=O) groups is 2. The number of nitrogens with one attached hydrogen (secondary N) is 1. The first-order valence-electron chi connectivity index (χ1n) is 8.75. The summed E-state index contributed by atoms with van der Waals surface area (Å²) in [6.07, 6.45) is 1.32. The molecule has 1 aliphatic rings. The summed E-state index contributed by atoms with van der Waals surface area (Å²) >= 11 is 5.78. The van der Waals surface area contributed by atoms with Crippen LogP contribution >= 0.6 is 11.6 Å². The molecule has 2 aromatic rings. The van der Waals surface area contributed by atoms with Crippen molar-refractivity contribution in [1.29, 1.82) is 0 Å². The van der Waals surface area contributed by atoms with Gasteiger partial charge in [-0.05, 0) is 58.1 Å². The summed E-state index contributed by atoms with van der Waals surface area (Å²) in [5.74, 6) is -2.20. The highest BCUT2D eigenvalue weighted by Gasteiger charge is 2.51. The van der Waals surface area contributed by atoms with Gasteiger partial charge in [0.05, 0.1) is 0 Å². The second-order valence-corrected chi connectivity index (χ2v) is 9.97. The molecule has 0 saturated carbocycles. The van der Waals surface area contributed by atoms with Gasteiger partial charge in [0.15, 0.2) is 0 Å². The Morgan fingerprint density at radius 3 is 2.59 bits per heavy atom. The maximum Gasteiger partial charge on any atom is 0.268 e. The lowest BCUT2D eigenvalue weighted by molar-refractivity contribution is -0.149. The monoisotopic (exact) mass is 441 g/mol. The van der Waals surface area contributed by atoms with Crippen LogP contribution in [0.5, 0.6) is 0 Å². The van der Waals surface area contributed by atoms with E-state index >= 15 is 0 Å². The molecule has 1 saturated heterocycles. The zero-order chi connectivity index (χ0) is 21.4. The molecule has 4 N–H and O–H groups in total. The molecule has 2 aromatic carbocycles. The van der Waals surface area contributed by atoms with Crippen LogP contribution in [0, 0.1) is 5.82 Å². The molecule has 0 bridgehead atoms. The van der Waals surface area contributed by atoms with Crippen LogP contribution in [0.15, 0.2) is 47.4 Å². The molecule has 10 heteroatoms. The number of benzene rings is 2. The molecule has 0 spiro atoms. The Morgan fingerprint density at radius 1 is 1.34 bits per heavy atom. The van der Waals surface area contributed by atoms with Gasteiger partial charge in [0.25, 0.3) is 11.8 Å². The van der Waals surface area contributed by atoms with Crippen molar-refractivity contribution in [2.24, 2.45) is 5.14 Å². The van der Waals surface area contributed by atoms with E-state index in [2.05, 4.69) is 5.32 Å². The van der Waals surface area contributed by atoms with E-state index in [1.54, 1.807) is 24.3 Å². The van der Waals surface area contributed by atoms with E-state index in [0.717, 1.165) is 6.07 Å². The van der Waals surface area contributed by atoms with E-state index in [1.807, 2.05) is 0 Å². The van der Waals surface area contributed by atoms with E-state index in [-0.39, 0.29) is 24.5 Å². The lowest BCUT2D eigenvalue weighted by Gasteiger charge is -2.22. The zero-order valence-electron chi connectivity index (χ0n) is 15.6. The predicted octanol–water partition coefficient (Wildman–Crippen LogP) is 1.14. The lowest BCUT2D eigenvalue weighted by atomic mass is 10.0. The third-order valence-corrected chi connectivity index (χ3v) is 6.26. The van der Waals surface area contributed by atoms with Crippen LogP contribution in [0.2, 0.25) is 5.02 Å². The third kappa shape index (κ3) is 4.48. The smallest absolute Gasteiger partial charge is 0.268 e. The van der Waals surface area contributed by atoms with E-state index in [4.69, 9.17) is 16.7 Å². The molecule has 1 aliphatic heterocycles. The van der Waals surface area contributed by atoms with Crippen molar-refractivity contribution >= 4 is 39.2 Å². The largest absolute Gasteiger partial charge is 0.372 e. The molecule has 1 unspecified atom stereocenters. The molecule has 0 aliphatic carbocycles. The molecule has 2 amide bonds. The summed E-state index contributed by atoms with van der Waals surface area (Å²) in [5, 5.41) is 18.9. The maximum absolute atomic E-state index is 13.4. The van der Waals surface area contributed by atoms with E-state index in [1.165, 1.54) is 23.3 Å². The Bertz CT molecular complexity index is 991. The lowest BCUT2D eigenvalue weighted by Crippen LogP contribution is -2.52. The van der Waals surface area contributed by atoms with Crippen LogP contribution in [-0.2, 0) is 26.3 Å². The third-order valence-electron chi connectivity index (χ3n) is 4.72. The fourth-order valence-electron chi connectivity index (χ4n) is 3.13. The zero-order valence-corrected chi connectivity index (χ0v) is 17.2. The van der Waals surface area contributed by atoms with E-state index in [9.17, 15) is 23.3 Å². The first kappa shape index (κ1) is 21.4. The number of hydrogen-bond donors (Lipinski definition) is 4. The van der Waals surface area contributed by atoms with Gasteiger partial charge in [0.1, 0.15) is 5.82 Å². The minimum absolute atomic E-state index is 0.0944. The summed E-state index contributed by atoms with van der Waals surface area (Å²) in [7, 11) is -2.92. The number of hydrogen-bond acceptors (Lipinski definition) is 4. The molecule has 0 radical (unpaired) electrons. The number of aliphatic hydroxyl groups is 1. The van der Waals surface area contributed by atoms with Crippen LogP contribution in [0.4, 0.5) is 10.1 Å². The topological polar surface area (TPSA) is 113 Å². The number of carbonyl (C=O) groups excluding carboxylic acids is 2. The van der Waals surface area contributed by atoms with Crippen molar-refractivity contribution < 1.29 is 23.3 Å². The molecule has 156 valence electrons. The molecular formula is C19H21ClFN3O4S. The highest BCUT2D eigenvalue weighted by Crippen LogP contribution is 2.29. The van der Waals surface area contributed by atoms with Crippen LogP contribution in [0.25, 0.3) is 0 Å². The fourth-order valence-corrected chi connectivity index (χ4v) is 4.12. The van der Waals surface area contributed by atoms with Crippen molar-refractivity contribution in [2.45, 2.75) is 23.5 Å². The van der Waals surface area contributed by atoms with Crippen molar-refractivity contribution in [1.82, 2.24) is 5.32 Å². The van der Waals surface area contributed by atoms with Gasteiger partial charge < -0.3 is 15.3 Å². The number of anilines is 1. The summed E-state index contributed by atoms with van der Waals surface area (Å²) in [4.78, 5) is 27.0. The Hall–Kier alpha value is -2.33. The van der Waals surface area contributed by atoms with E-state index < -0.39 is 33.4 Å². The maximum atomic E-state index is 13.4. The van der Waals surface area contributed by atoms with Gasteiger partial charge in [-0.2, -0.15) is 0 Å².